The highest BCUT2D eigenvalue weighted by atomic mass is 32.2. The molecule has 29 heavy (non-hydrogen) atoms. The third-order valence-electron chi connectivity index (χ3n) is 5.90. The Hall–Kier alpha value is -1.85. The van der Waals surface area contributed by atoms with Crippen LogP contribution in [-0.4, -0.2) is 15.3 Å². The summed E-state index contributed by atoms with van der Waals surface area (Å²) in [7, 11) is 0. The molecule has 3 nitrogen and oxygen atoms in total. The quantitative estimate of drug-likeness (QED) is 0.285. The van der Waals surface area contributed by atoms with Gasteiger partial charge >= 0.3 is 0 Å². The van der Waals surface area contributed by atoms with Crippen LogP contribution in [0.3, 0.4) is 0 Å². The van der Waals surface area contributed by atoms with Crippen molar-refractivity contribution in [1.29, 1.82) is 0 Å². The van der Waals surface area contributed by atoms with Gasteiger partial charge in [0.15, 0.2) is 5.16 Å². The number of thioether (sulfide) groups is 1. The average Bonchev–Trinajstić information content (AvgIpc) is 3.04. The molecule has 0 spiro atoms. The van der Waals surface area contributed by atoms with Gasteiger partial charge in [-0.05, 0) is 55.2 Å². The SMILES string of the molecule is C=CCSc1nc2sc3c(c2c(=O)n1-c1ccc(C)cc1)CC[C@@H](C(C)(C)C)C3. The van der Waals surface area contributed by atoms with Crippen LogP contribution in [0.1, 0.15) is 43.2 Å². The van der Waals surface area contributed by atoms with Crippen LogP contribution < -0.4 is 5.56 Å². The van der Waals surface area contributed by atoms with E-state index < -0.39 is 0 Å². The van der Waals surface area contributed by atoms with Crippen molar-refractivity contribution < 1.29 is 0 Å². The molecule has 4 rings (SSSR count). The Balaban J connectivity index is 1.91. The number of nitrogens with zero attached hydrogens (tertiary/aromatic N) is 2. The summed E-state index contributed by atoms with van der Waals surface area (Å²) in [6.45, 7) is 12.8. The highest BCUT2D eigenvalue weighted by molar-refractivity contribution is 7.99. The van der Waals surface area contributed by atoms with Gasteiger partial charge in [0.2, 0.25) is 0 Å². The molecule has 0 radical (unpaired) electrons. The zero-order valence-corrected chi connectivity index (χ0v) is 19.3. The molecule has 3 aromatic rings. The van der Waals surface area contributed by atoms with Crippen LogP contribution in [0.2, 0.25) is 0 Å². The minimum Gasteiger partial charge on any atom is -0.268 e. The van der Waals surface area contributed by atoms with E-state index in [2.05, 4.69) is 34.3 Å². The van der Waals surface area contributed by atoms with Crippen LogP contribution in [0.15, 0.2) is 46.9 Å². The number of hydrogen-bond acceptors (Lipinski definition) is 4. The predicted molar refractivity (Wildman–Crippen MR) is 126 cm³/mol. The summed E-state index contributed by atoms with van der Waals surface area (Å²) < 4.78 is 1.79. The van der Waals surface area contributed by atoms with E-state index in [0.717, 1.165) is 46.1 Å². The topological polar surface area (TPSA) is 34.9 Å². The Labute approximate surface area is 180 Å². The van der Waals surface area contributed by atoms with Crippen molar-refractivity contribution in [3.63, 3.8) is 0 Å². The molecular weight excluding hydrogens is 396 g/mol. The maximum absolute atomic E-state index is 13.7. The van der Waals surface area contributed by atoms with Crippen LogP contribution in [0.4, 0.5) is 0 Å². The van der Waals surface area contributed by atoms with Gasteiger partial charge in [-0.1, -0.05) is 56.3 Å². The van der Waals surface area contributed by atoms with Crippen LogP contribution in [0, 0.1) is 18.3 Å². The maximum Gasteiger partial charge on any atom is 0.267 e. The van der Waals surface area contributed by atoms with Gasteiger partial charge in [-0.15, -0.1) is 17.9 Å². The van der Waals surface area contributed by atoms with Crippen LogP contribution in [0.5, 0.6) is 0 Å². The minimum atomic E-state index is 0.0668. The second kappa shape index (κ2) is 7.77. The molecule has 0 bridgehead atoms. The largest absolute Gasteiger partial charge is 0.268 e. The standard InChI is InChI=1S/C24H28N2OS2/c1-6-13-28-23-25-21-20(22(27)26(23)17-10-7-15(2)8-11-17)18-12-9-16(24(3,4)5)14-19(18)29-21/h6-8,10-11,16H,1,9,12-14H2,2-5H3/t16-/m1/s1. The van der Waals surface area contributed by atoms with Gasteiger partial charge in [0.25, 0.3) is 5.56 Å². The number of rotatable bonds is 4. The Morgan fingerprint density at radius 3 is 2.69 bits per heavy atom. The molecule has 2 aromatic heterocycles. The fourth-order valence-electron chi connectivity index (χ4n) is 4.10. The molecule has 0 saturated heterocycles. The first-order valence-corrected chi connectivity index (χ1v) is 12.0. The molecular formula is C24H28N2OS2. The molecule has 2 heterocycles. The fraction of sp³-hybridized carbons (Fsp3) is 0.417. The lowest BCUT2D eigenvalue weighted by Crippen LogP contribution is -2.27. The molecule has 0 amide bonds. The van der Waals surface area contributed by atoms with Gasteiger partial charge in [-0.25, -0.2) is 4.98 Å². The molecule has 0 unspecified atom stereocenters. The molecule has 1 aromatic carbocycles. The summed E-state index contributed by atoms with van der Waals surface area (Å²) >= 11 is 3.29. The number of hydrogen-bond donors (Lipinski definition) is 0. The van der Waals surface area contributed by atoms with Crippen molar-refractivity contribution >= 4 is 33.3 Å². The van der Waals surface area contributed by atoms with E-state index in [4.69, 9.17) is 4.98 Å². The minimum absolute atomic E-state index is 0.0668. The Kier molecular flexibility index (Phi) is 5.47. The van der Waals surface area contributed by atoms with Crippen molar-refractivity contribution in [1.82, 2.24) is 9.55 Å². The number of aromatic nitrogens is 2. The van der Waals surface area contributed by atoms with Gasteiger partial charge in [-0.2, -0.15) is 0 Å². The van der Waals surface area contributed by atoms with E-state index in [-0.39, 0.29) is 11.0 Å². The number of aryl methyl sites for hydroxylation is 2. The van der Waals surface area contributed by atoms with E-state index in [1.807, 2.05) is 30.3 Å². The number of thiophene rings is 1. The summed E-state index contributed by atoms with van der Waals surface area (Å²) in [5.41, 5.74) is 3.65. The normalized spacial score (nSPS) is 16.8. The average molecular weight is 425 g/mol. The summed E-state index contributed by atoms with van der Waals surface area (Å²) in [6, 6.07) is 8.11. The Morgan fingerprint density at radius 1 is 1.31 bits per heavy atom. The highest BCUT2D eigenvalue weighted by Crippen LogP contribution is 2.42. The number of benzene rings is 1. The highest BCUT2D eigenvalue weighted by Gasteiger charge is 2.32. The van der Waals surface area contributed by atoms with E-state index in [1.165, 1.54) is 16.0 Å². The van der Waals surface area contributed by atoms with Gasteiger partial charge in [-0.3, -0.25) is 9.36 Å². The van der Waals surface area contributed by atoms with Crippen molar-refractivity contribution in [2.24, 2.45) is 11.3 Å². The fourth-order valence-corrected chi connectivity index (χ4v) is 6.19. The first-order chi connectivity index (χ1) is 13.8. The zero-order valence-electron chi connectivity index (χ0n) is 17.6. The van der Waals surface area contributed by atoms with Crippen molar-refractivity contribution in [3.05, 3.63) is 63.3 Å². The Bertz CT molecular complexity index is 1120. The van der Waals surface area contributed by atoms with Gasteiger partial charge < -0.3 is 0 Å². The maximum atomic E-state index is 13.7. The molecule has 0 saturated carbocycles. The molecule has 152 valence electrons. The summed E-state index contributed by atoms with van der Waals surface area (Å²) in [4.78, 5) is 20.9. The molecule has 5 heteroatoms. The van der Waals surface area contributed by atoms with E-state index in [0.29, 0.717) is 5.92 Å². The van der Waals surface area contributed by atoms with E-state index >= 15 is 0 Å². The summed E-state index contributed by atoms with van der Waals surface area (Å²) in [6.07, 6.45) is 5.02. The first kappa shape index (κ1) is 20.4. The predicted octanol–water partition coefficient (Wildman–Crippen LogP) is 6.18. The van der Waals surface area contributed by atoms with Crippen molar-refractivity contribution in [2.45, 2.75) is 52.1 Å². The van der Waals surface area contributed by atoms with Gasteiger partial charge in [0.05, 0.1) is 11.1 Å². The lowest BCUT2D eigenvalue weighted by atomic mass is 9.72. The van der Waals surface area contributed by atoms with Crippen LogP contribution >= 0.6 is 23.1 Å². The van der Waals surface area contributed by atoms with E-state index in [9.17, 15) is 4.79 Å². The third kappa shape index (κ3) is 3.82. The third-order valence-corrected chi connectivity index (χ3v) is 7.98. The second-order valence-electron chi connectivity index (χ2n) is 8.96. The monoisotopic (exact) mass is 424 g/mol. The lowest BCUT2D eigenvalue weighted by Gasteiger charge is -2.33. The van der Waals surface area contributed by atoms with Gasteiger partial charge in [0.1, 0.15) is 4.83 Å². The van der Waals surface area contributed by atoms with Crippen LogP contribution in [-0.2, 0) is 12.8 Å². The van der Waals surface area contributed by atoms with Crippen molar-refractivity contribution in [3.8, 4) is 5.69 Å². The van der Waals surface area contributed by atoms with Crippen molar-refractivity contribution in [2.75, 3.05) is 5.75 Å². The molecule has 1 aliphatic rings. The molecule has 0 fully saturated rings. The summed E-state index contributed by atoms with van der Waals surface area (Å²) in [5, 5.41) is 1.58. The molecule has 0 N–H and O–H groups in total. The van der Waals surface area contributed by atoms with Gasteiger partial charge in [0, 0.05) is 10.6 Å². The number of fused-ring (bicyclic) bond motifs is 3. The molecule has 1 atom stereocenters. The lowest BCUT2D eigenvalue weighted by molar-refractivity contribution is 0.218. The molecule has 1 aliphatic carbocycles. The molecule has 0 aliphatic heterocycles. The smallest absolute Gasteiger partial charge is 0.267 e. The first-order valence-electron chi connectivity index (χ1n) is 10.2. The van der Waals surface area contributed by atoms with E-state index in [1.54, 1.807) is 27.7 Å². The second-order valence-corrected chi connectivity index (χ2v) is 11.0. The summed E-state index contributed by atoms with van der Waals surface area (Å²) in [5.74, 6) is 1.37. The van der Waals surface area contributed by atoms with Crippen LogP contribution in [0.25, 0.3) is 15.9 Å². The zero-order chi connectivity index (χ0) is 20.8. The Morgan fingerprint density at radius 2 is 2.03 bits per heavy atom.